The Morgan fingerprint density at radius 2 is 2.39 bits per heavy atom. The van der Waals surface area contributed by atoms with Crippen molar-refractivity contribution in [2.24, 2.45) is 7.05 Å². The number of pyridine rings is 1. The van der Waals surface area contributed by atoms with Crippen molar-refractivity contribution in [2.45, 2.75) is 31.5 Å². The van der Waals surface area contributed by atoms with Crippen molar-refractivity contribution < 1.29 is 9.47 Å². The second kappa shape index (κ2) is 7.29. The predicted molar refractivity (Wildman–Crippen MR) is 87.8 cm³/mol. The first kappa shape index (κ1) is 16.2. The average Bonchev–Trinajstić information content (AvgIpc) is 3.11. The summed E-state index contributed by atoms with van der Waals surface area (Å²) in [5.41, 5.74) is 0.901. The van der Waals surface area contributed by atoms with Crippen molar-refractivity contribution in [3.05, 3.63) is 41.4 Å². The van der Waals surface area contributed by atoms with Crippen LogP contribution in [-0.4, -0.2) is 46.2 Å². The van der Waals surface area contributed by atoms with E-state index in [4.69, 9.17) is 21.1 Å². The third kappa shape index (κ3) is 4.22. The quantitative estimate of drug-likeness (QED) is 0.872. The van der Waals surface area contributed by atoms with Crippen LogP contribution in [0.4, 0.5) is 0 Å². The van der Waals surface area contributed by atoms with E-state index in [0.29, 0.717) is 18.2 Å². The lowest BCUT2D eigenvalue weighted by molar-refractivity contribution is 0.138. The van der Waals surface area contributed by atoms with Crippen molar-refractivity contribution in [3.63, 3.8) is 0 Å². The number of hydrogen-bond acceptors (Lipinski definition) is 5. The molecule has 0 spiro atoms. The maximum atomic E-state index is 6.17. The lowest BCUT2D eigenvalue weighted by Crippen LogP contribution is -2.46. The molecule has 6 nitrogen and oxygen atoms in total. The Bertz CT molecular complexity index is 649. The highest BCUT2D eigenvalue weighted by Gasteiger charge is 2.31. The van der Waals surface area contributed by atoms with E-state index < -0.39 is 0 Å². The molecule has 2 aromatic heterocycles. The molecule has 3 rings (SSSR count). The number of halogens is 1. The number of aromatic nitrogens is 3. The second-order valence-corrected chi connectivity index (χ2v) is 6.26. The van der Waals surface area contributed by atoms with Crippen LogP contribution in [0.5, 0.6) is 5.75 Å². The van der Waals surface area contributed by atoms with E-state index in [9.17, 15) is 0 Å². The molecule has 7 heteroatoms. The molecule has 3 heterocycles. The molecular weight excluding hydrogens is 316 g/mol. The van der Waals surface area contributed by atoms with Gasteiger partial charge in [-0.1, -0.05) is 11.6 Å². The monoisotopic (exact) mass is 336 g/mol. The van der Waals surface area contributed by atoms with Crippen molar-refractivity contribution in [3.8, 4) is 5.75 Å². The fraction of sp³-hybridized carbons (Fsp3) is 0.500. The fourth-order valence-electron chi connectivity index (χ4n) is 2.72. The number of nitrogens with one attached hydrogen (secondary N) is 1. The minimum absolute atomic E-state index is 0.0270. The number of nitrogens with zero attached hydrogens (tertiary/aromatic N) is 3. The number of rotatable bonds is 6. The summed E-state index contributed by atoms with van der Waals surface area (Å²) >= 11 is 6.17. The lowest BCUT2D eigenvalue weighted by Gasteiger charge is -2.23. The summed E-state index contributed by atoms with van der Waals surface area (Å²) in [6, 6.07) is 4.05. The summed E-state index contributed by atoms with van der Waals surface area (Å²) in [7, 11) is 1.87. The molecule has 1 aliphatic heterocycles. The molecule has 0 aliphatic carbocycles. The number of aryl methyl sites for hydroxylation is 1. The summed E-state index contributed by atoms with van der Waals surface area (Å²) in [6.07, 6.45) is 6.07. The first-order valence-electron chi connectivity index (χ1n) is 7.70. The van der Waals surface area contributed by atoms with Crippen LogP contribution < -0.4 is 10.1 Å². The molecule has 1 fully saturated rings. The molecule has 0 aromatic carbocycles. The molecule has 0 saturated carbocycles. The molecule has 3 atom stereocenters. The average molecular weight is 337 g/mol. The maximum absolute atomic E-state index is 6.17. The highest BCUT2D eigenvalue weighted by atomic mass is 35.5. The molecule has 1 unspecified atom stereocenters. The minimum atomic E-state index is -0.0270. The van der Waals surface area contributed by atoms with Crippen LogP contribution in [0.2, 0.25) is 5.02 Å². The number of hydrogen-bond donors (Lipinski definition) is 1. The maximum Gasteiger partial charge on any atom is 0.157 e. The molecule has 0 bridgehead atoms. The van der Waals surface area contributed by atoms with Crippen molar-refractivity contribution >= 4 is 11.6 Å². The Hall–Kier alpha value is -1.63. The Morgan fingerprint density at radius 1 is 1.52 bits per heavy atom. The zero-order chi connectivity index (χ0) is 16.2. The molecule has 0 amide bonds. The molecule has 1 N–H and O–H groups in total. The van der Waals surface area contributed by atoms with Crippen LogP contribution in [0.15, 0.2) is 30.7 Å². The van der Waals surface area contributed by atoms with Crippen LogP contribution in [0.25, 0.3) is 0 Å². The molecule has 23 heavy (non-hydrogen) atoms. The first-order chi connectivity index (χ1) is 11.1. The summed E-state index contributed by atoms with van der Waals surface area (Å²) in [6.45, 7) is 3.32. The molecular formula is C16H21ClN4O2. The van der Waals surface area contributed by atoms with Gasteiger partial charge in [0, 0.05) is 25.7 Å². The van der Waals surface area contributed by atoms with E-state index in [1.165, 1.54) is 0 Å². The van der Waals surface area contributed by atoms with Gasteiger partial charge in [0.25, 0.3) is 0 Å². The van der Waals surface area contributed by atoms with Crippen LogP contribution in [0, 0.1) is 0 Å². The second-order valence-electron chi connectivity index (χ2n) is 5.85. The summed E-state index contributed by atoms with van der Waals surface area (Å²) in [4.78, 5) is 4.34. The molecule has 124 valence electrons. The zero-order valence-corrected chi connectivity index (χ0v) is 14.0. The largest absolute Gasteiger partial charge is 0.483 e. The van der Waals surface area contributed by atoms with Crippen molar-refractivity contribution in [1.82, 2.24) is 20.1 Å². The van der Waals surface area contributed by atoms with E-state index in [0.717, 1.165) is 17.9 Å². The van der Waals surface area contributed by atoms with Gasteiger partial charge in [0.15, 0.2) is 5.75 Å². The summed E-state index contributed by atoms with van der Waals surface area (Å²) in [5, 5.41) is 8.37. The Labute approximate surface area is 140 Å². The van der Waals surface area contributed by atoms with Gasteiger partial charge in [0.1, 0.15) is 6.10 Å². The van der Waals surface area contributed by atoms with Gasteiger partial charge in [-0.3, -0.25) is 9.67 Å². The van der Waals surface area contributed by atoms with E-state index in [1.807, 2.05) is 25.4 Å². The molecule has 1 aliphatic rings. The predicted octanol–water partition coefficient (Wildman–Crippen LogP) is 1.84. The SMILES string of the molecule is CC(Cc1ncccc1Cl)N[C@H]1COC[C@H]1Oc1cnn(C)c1. The third-order valence-corrected chi connectivity index (χ3v) is 4.17. The smallest absolute Gasteiger partial charge is 0.157 e. The highest BCUT2D eigenvalue weighted by Crippen LogP contribution is 2.18. The third-order valence-electron chi connectivity index (χ3n) is 3.83. The standard InChI is InChI=1S/C16H21ClN4O2/c1-11(6-14-13(17)4-3-5-18-14)20-15-9-22-10-16(15)23-12-7-19-21(2)8-12/h3-5,7-8,11,15-16,20H,6,9-10H2,1-2H3/t11?,15-,16+/m0/s1. The van der Waals surface area contributed by atoms with E-state index in [2.05, 4.69) is 22.3 Å². The van der Waals surface area contributed by atoms with Gasteiger partial charge in [0.05, 0.1) is 42.4 Å². The van der Waals surface area contributed by atoms with Gasteiger partial charge in [-0.15, -0.1) is 0 Å². The molecule has 0 radical (unpaired) electrons. The minimum Gasteiger partial charge on any atom is -0.483 e. The van der Waals surface area contributed by atoms with Gasteiger partial charge in [-0.25, -0.2) is 0 Å². The highest BCUT2D eigenvalue weighted by molar-refractivity contribution is 6.31. The van der Waals surface area contributed by atoms with Crippen LogP contribution in [0.1, 0.15) is 12.6 Å². The Morgan fingerprint density at radius 3 is 3.13 bits per heavy atom. The van der Waals surface area contributed by atoms with E-state index in [-0.39, 0.29) is 18.2 Å². The van der Waals surface area contributed by atoms with Gasteiger partial charge in [-0.2, -0.15) is 5.10 Å². The topological polar surface area (TPSA) is 61.2 Å². The Balaban J connectivity index is 1.56. The molecule has 2 aromatic rings. The summed E-state index contributed by atoms with van der Waals surface area (Å²) < 4.78 is 13.3. The lowest BCUT2D eigenvalue weighted by atomic mass is 10.1. The van der Waals surface area contributed by atoms with Gasteiger partial charge >= 0.3 is 0 Å². The van der Waals surface area contributed by atoms with E-state index >= 15 is 0 Å². The normalized spacial score (nSPS) is 22.2. The Kier molecular flexibility index (Phi) is 5.15. The fourth-order valence-corrected chi connectivity index (χ4v) is 2.92. The van der Waals surface area contributed by atoms with Gasteiger partial charge < -0.3 is 14.8 Å². The van der Waals surface area contributed by atoms with Crippen molar-refractivity contribution in [1.29, 1.82) is 0 Å². The zero-order valence-electron chi connectivity index (χ0n) is 13.3. The van der Waals surface area contributed by atoms with Crippen LogP contribution in [-0.2, 0) is 18.2 Å². The first-order valence-corrected chi connectivity index (χ1v) is 8.08. The van der Waals surface area contributed by atoms with Crippen LogP contribution >= 0.6 is 11.6 Å². The van der Waals surface area contributed by atoms with Gasteiger partial charge in [0.2, 0.25) is 0 Å². The molecule has 1 saturated heterocycles. The van der Waals surface area contributed by atoms with E-state index in [1.54, 1.807) is 17.1 Å². The number of ether oxygens (including phenoxy) is 2. The van der Waals surface area contributed by atoms with Crippen molar-refractivity contribution in [2.75, 3.05) is 13.2 Å². The summed E-state index contributed by atoms with van der Waals surface area (Å²) in [5.74, 6) is 0.759. The van der Waals surface area contributed by atoms with Gasteiger partial charge in [-0.05, 0) is 19.1 Å². The van der Waals surface area contributed by atoms with Crippen LogP contribution in [0.3, 0.4) is 0 Å².